The van der Waals surface area contributed by atoms with Crippen molar-refractivity contribution in [2.75, 3.05) is 13.2 Å². The van der Waals surface area contributed by atoms with E-state index in [9.17, 15) is 9.90 Å². The van der Waals surface area contributed by atoms with Crippen molar-refractivity contribution in [2.45, 2.75) is 38.5 Å². The van der Waals surface area contributed by atoms with Gasteiger partial charge in [0.2, 0.25) is 5.89 Å². The summed E-state index contributed by atoms with van der Waals surface area (Å²) in [6.07, 6.45) is 2.92. The van der Waals surface area contributed by atoms with Gasteiger partial charge in [0, 0.05) is 41.5 Å². The molecule has 0 spiro atoms. The summed E-state index contributed by atoms with van der Waals surface area (Å²) >= 11 is 1.44. The summed E-state index contributed by atoms with van der Waals surface area (Å²) in [5, 5.41) is 15.4. The van der Waals surface area contributed by atoms with E-state index in [1.165, 1.54) is 17.5 Å². The van der Waals surface area contributed by atoms with Crippen LogP contribution in [0.5, 0.6) is 0 Å². The maximum Gasteiger partial charge on any atom is 0.227 e. The third-order valence-corrected chi connectivity index (χ3v) is 4.84. The third kappa shape index (κ3) is 3.87. The first-order valence-corrected chi connectivity index (χ1v) is 8.65. The molecule has 7 heteroatoms. The number of thiophene rings is 1. The standard InChI is InChI=1S/C16H20N2O4S/c1-2-12(19)13-8-17-16(22-13)10-7-14(23-9-10)15(20)18-11-3-5-21-6-4-11/h7-9,11,15,18,20H,2-6H2,1H3. The van der Waals surface area contributed by atoms with Crippen LogP contribution in [0.4, 0.5) is 0 Å². The van der Waals surface area contributed by atoms with E-state index in [4.69, 9.17) is 9.15 Å². The van der Waals surface area contributed by atoms with E-state index in [1.807, 2.05) is 11.4 Å². The van der Waals surface area contributed by atoms with Crippen LogP contribution in [-0.2, 0) is 4.74 Å². The lowest BCUT2D eigenvalue weighted by Gasteiger charge is -2.25. The Labute approximate surface area is 138 Å². The van der Waals surface area contributed by atoms with Gasteiger partial charge in [-0.25, -0.2) is 4.98 Å². The lowest BCUT2D eigenvalue weighted by molar-refractivity contribution is 0.0501. The number of Topliss-reactive ketones (excluding diaryl/α,β-unsaturated/α-hetero) is 1. The minimum atomic E-state index is -0.719. The average Bonchev–Trinajstić information content (AvgIpc) is 3.24. The molecule has 2 N–H and O–H groups in total. The number of ether oxygens (including phenoxy) is 1. The van der Waals surface area contributed by atoms with Crippen LogP contribution in [0.3, 0.4) is 0 Å². The smallest absolute Gasteiger partial charge is 0.227 e. The molecule has 1 aliphatic heterocycles. The Morgan fingerprint density at radius 3 is 3.04 bits per heavy atom. The number of carbonyl (C=O) groups is 1. The van der Waals surface area contributed by atoms with Gasteiger partial charge in [0.25, 0.3) is 0 Å². The monoisotopic (exact) mass is 336 g/mol. The molecule has 23 heavy (non-hydrogen) atoms. The van der Waals surface area contributed by atoms with Crippen molar-refractivity contribution in [1.82, 2.24) is 10.3 Å². The lowest BCUT2D eigenvalue weighted by Crippen LogP contribution is -2.37. The summed E-state index contributed by atoms with van der Waals surface area (Å²) in [7, 11) is 0. The molecule has 124 valence electrons. The van der Waals surface area contributed by atoms with Crippen molar-refractivity contribution in [1.29, 1.82) is 0 Å². The number of carbonyl (C=O) groups excluding carboxylic acids is 1. The fourth-order valence-corrected chi connectivity index (χ4v) is 3.31. The molecule has 6 nitrogen and oxygen atoms in total. The Hall–Kier alpha value is -1.54. The number of rotatable bonds is 6. The van der Waals surface area contributed by atoms with Crippen molar-refractivity contribution in [3.63, 3.8) is 0 Å². The second-order valence-corrected chi connectivity index (χ2v) is 6.44. The molecule has 1 atom stereocenters. The molecule has 3 rings (SSSR count). The predicted octanol–water partition coefficient (Wildman–Crippen LogP) is 2.76. The van der Waals surface area contributed by atoms with Gasteiger partial charge in [-0.15, -0.1) is 11.3 Å². The molecule has 2 aromatic rings. The molecule has 3 heterocycles. The lowest BCUT2D eigenvalue weighted by atomic mass is 10.1. The van der Waals surface area contributed by atoms with Crippen molar-refractivity contribution >= 4 is 17.1 Å². The van der Waals surface area contributed by atoms with Crippen LogP contribution in [0, 0.1) is 0 Å². The predicted molar refractivity (Wildman–Crippen MR) is 86.4 cm³/mol. The molecule has 0 amide bonds. The van der Waals surface area contributed by atoms with Crippen LogP contribution in [0.2, 0.25) is 0 Å². The highest BCUT2D eigenvalue weighted by molar-refractivity contribution is 7.10. The largest absolute Gasteiger partial charge is 0.433 e. The maximum atomic E-state index is 11.6. The van der Waals surface area contributed by atoms with Gasteiger partial charge in [-0.2, -0.15) is 0 Å². The average molecular weight is 336 g/mol. The zero-order valence-electron chi connectivity index (χ0n) is 12.9. The number of hydrogen-bond donors (Lipinski definition) is 2. The summed E-state index contributed by atoms with van der Waals surface area (Å²) in [5.41, 5.74) is 0.771. The second kappa shape index (κ2) is 7.35. The SMILES string of the molecule is CCC(=O)c1cnc(-c2csc(C(O)NC3CCOCC3)c2)o1. The van der Waals surface area contributed by atoms with Crippen molar-refractivity contribution in [3.05, 3.63) is 28.3 Å². The Bertz CT molecular complexity index is 661. The van der Waals surface area contributed by atoms with E-state index < -0.39 is 6.23 Å². The Kier molecular flexibility index (Phi) is 5.22. The van der Waals surface area contributed by atoms with Gasteiger partial charge >= 0.3 is 0 Å². The van der Waals surface area contributed by atoms with E-state index in [0.29, 0.717) is 12.3 Å². The van der Waals surface area contributed by atoms with Gasteiger partial charge in [0.1, 0.15) is 6.23 Å². The highest BCUT2D eigenvalue weighted by Gasteiger charge is 2.20. The number of ketones is 1. The number of aromatic nitrogens is 1. The summed E-state index contributed by atoms with van der Waals surface area (Å²) in [6.45, 7) is 3.24. The molecule has 0 radical (unpaired) electrons. The van der Waals surface area contributed by atoms with Crippen LogP contribution < -0.4 is 5.32 Å². The fourth-order valence-electron chi connectivity index (χ4n) is 2.49. The quantitative estimate of drug-likeness (QED) is 0.623. The van der Waals surface area contributed by atoms with Crippen molar-refractivity contribution < 1.29 is 19.1 Å². The summed E-state index contributed by atoms with van der Waals surface area (Å²) in [4.78, 5) is 16.5. The molecule has 0 aliphatic carbocycles. The molecule has 0 saturated carbocycles. The summed E-state index contributed by atoms with van der Waals surface area (Å²) in [5.74, 6) is 0.610. The van der Waals surface area contributed by atoms with E-state index in [-0.39, 0.29) is 17.6 Å². The number of oxazole rings is 1. The molecular formula is C16H20N2O4S. The van der Waals surface area contributed by atoms with Gasteiger partial charge in [-0.3, -0.25) is 10.1 Å². The van der Waals surface area contributed by atoms with Crippen LogP contribution in [0.15, 0.2) is 22.1 Å². The molecule has 1 unspecified atom stereocenters. The van der Waals surface area contributed by atoms with Crippen molar-refractivity contribution in [3.8, 4) is 11.5 Å². The van der Waals surface area contributed by atoms with E-state index in [2.05, 4.69) is 10.3 Å². The van der Waals surface area contributed by atoms with Gasteiger partial charge in [0.05, 0.1) is 6.20 Å². The Balaban J connectivity index is 1.67. The number of nitrogens with one attached hydrogen (secondary N) is 1. The fraction of sp³-hybridized carbons (Fsp3) is 0.500. The summed E-state index contributed by atoms with van der Waals surface area (Å²) in [6, 6.07) is 2.10. The highest BCUT2D eigenvalue weighted by atomic mass is 32.1. The van der Waals surface area contributed by atoms with Crippen LogP contribution in [0.1, 0.15) is 47.8 Å². The minimum absolute atomic E-state index is 0.0691. The van der Waals surface area contributed by atoms with Gasteiger partial charge < -0.3 is 14.3 Å². The molecule has 2 aromatic heterocycles. The zero-order chi connectivity index (χ0) is 16.2. The first-order valence-electron chi connectivity index (χ1n) is 7.77. The number of aliphatic hydroxyl groups is 1. The number of hydrogen-bond acceptors (Lipinski definition) is 7. The van der Waals surface area contributed by atoms with Crippen molar-refractivity contribution in [2.24, 2.45) is 0 Å². The molecule has 1 saturated heterocycles. The van der Waals surface area contributed by atoms with Crippen LogP contribution in [-0.4, -0.2) is 35.1 Å². The summed E-state index contributed by atoms with van der Waals surface area (Å²) < 4.78 is 10.8. The molecule has 1 aliphatic rings. The van der Waals surface area contributed by atoms with Gasteiger partial charge in [0.15, 0.2) is 11.5 Å². The van der Waals surface area contributed by atoms with E-state index in [0.717, 1.165) is 36.5 Å². The number of aliphatic hydroxyl groups excluding tert-OH is 1. The van der Waals surface area contributed by atoms with Crippen LogP contribution >= 0.6 is 11.3 Å². The molecule has 0 bridgehead atoms. The first kappa shape index (κ1) is 16.3. The third-order valence-electron chi connectivity index (χ3n) is 3.85. The van der Waals surface area contributed by atoms with E-state index in [1.54, 1.807) is 6.92 Å². The molecule has 1 fully saturated rings. The second-order valence-electron chi connectivity index (χ2n) is 5.50. The Morgan fingerprint density at radius 2 is 2.30 bits per heavy atom. The Morgan fingerprint density at radius 1 is 1.52 bits per heavy atom. The topological polar surface area (TPSA) is 84.6 Å². The normalized spacial score (nSPS) is 17.3. The number of nitrogens with zero attached hydrogens (tertiary/aromatic N) is 1. The van der Waals surface area contributed by atoms with Gasteiger partial charge in [-0.05, 0) is 18.9 Å². The van der Waals surface area contributed by atoms with Crippen LogP contribution in [0.25, 0.3) is 11.5 Å². The zero-order valence-corrected chi connectivity index (χ0v) is 13.8. The first-order chi connectivity index (χ1) is 11.2. The maximum absolute atomic E-state index is 11.6. The minimum Gasteiger partial charge on any atom is -0.433 e. The highest BCUT2D eigenvalue weighted by Crippen LogP contribution is 2.29. The molecular weight excluding hydrogens is 316 g/mol. The molecule has 0 aromatic carbocycles. The van der Waals surface area contributed by atoms with E-state index >= 15 is 0 Å². The van der Waals surface area contributed by atoms with Gasteiger partial charge in [-0.1, -0.05) is 6.92 Å².